The summed E-state index contributed by atoms with van der Waals surface area (Å²) in [6.45, 7) is 19.4. The van der Waals surface area contributed by atoms with E-state index in [-0.39, 0.29) is 52.0 Å². The van der Waals surface area contributed by atoms with Crippen molar-refractivity contribution in [2.75, 3.05) is 26.7 Å². The molecule has 3 aliphatic carbocycles. The number of ketones is 1. The van der Waals surface area contributed by atoms with Crippen molar-refractivity contribution in [1.82, 2.24) is 30.7 Å². The average Bonchev–Trinajstić information content (AvgIpc) is 3.23. The summed E-state index contributed by atoms with van der Waals surface area (Å²) in [4.78, 5) is 87.3. The van der Waals surface area contributed by atoms with Crippen molar-refractivity contribution in [3.63, 3.8) is 0 Å². The van der Waals surface area contributed by atoms with E-state index in [4.69, 9.17) is 5.73 Å². The number of hydrogen-bond acceptors (Lipinski definition) is 7. The first-order valence-corrected chi connectivity index (χ1v) is 19.6. The molecule has 5 fully saturated rings. The van der Waals surface area contributed by atoms with Gasteiger partial charge in [0.1, 0.15) is 18.1 Å². The molecule has 13 nitrogen and oxygen atoms in total. The fraction of sp³-hybridized carbons (Fsp3) is 0.846. The number of Topliss-reactive ketones (excluding diaryl/α,β-unsaturated/α-hetero) is 1. The van der Waals surface area contributed by atoms with Crippen LogP contribution in [0.25, 0.3) is 0 Å². The van der Waals surface area contributed by atoms with Crippen molar-refractivity contribution >= 4 is 35.4 Å². The van der Waals surface area contributed by atoms with Crippen molar-refractivity contribution < 1.29 is 28.8 Å². The first kappa shape index (κ1) is 40.0. The third kappa shape index (κ3) is 6.83. The molecule has 0 radical (unpaired) electrons. The molecule has 0 aromatic carbocycles. The predicted molar refractivity (Wildman–Crippen MR) is 198 cm³/mol. The van der Waals surface area contributed by atoms with E-state index in [0.717, 1.165) is 38.5 Å². The zero-order chi connectivity index (χ0) is 38.7. The van der Waals surface area contributed by atoms with Gasteiger partial charge in [-0.05, 0) is 74.7 Å². The van der Waals surface area contributed by atoms with Crippen LogP contribution in [0, 0.1) is 33.5 Å². The molecule has 3 saturated carbocycles. The molecule has 4 unspecified atom stereocenters. The number of nitrogens with zero attached hydrogens (tertiary/aromatic N) is 3. The van der Waals surface area contributed by atoms with E-state index in [1.807, 2.05) is 46.6 Å². The number of rotatable bonds is 11. The minimum Gasteiger partial charge on any atom is -0.363 e. The Morgan fingerprint density at radius 3 is 1.90 bits per heavy atom. The number of fused-ring (bicyclic) bond motifs is 1. The molecule has 52 heavy (non-hydrogen) atoms. The van der Waals surface area contributed by atoms with Gasteiger partial charge in [-0.2, -0.15) is 0 Å². The van der Waals surface area contributed by atoms with Crippen LogP contribution in [-0.2, 0) is 24.0 Å². The maximum atomic E-state index is 14.8. The Morgan fingerprint density at radius 2 is 1.46 bits per heavy atom. The number of amides is 6. The predicted octanol–water partition coefficient (Wildman–Crippen LogP) is 2.80. The van der Waals surface area contributed by atoms with Gasteiger partial charge in [0.05, 0.1) is 6.04 Å². The summed E-state index contributed by atoms with van der Waals surface area (Å²) in [7, 11) is 2.05. The second-order valence-electron chi connectivity index (χ2n) is 18.9. The van der Waals surface area contributed by atoms with Crippen molar-refractivity contribution in [3.8, 4) is 0 Å². The highest BCUT2D eigenvalue weighted by molar-refractivity contribution is 6.37. The number of nitrogens with one attached hydrogen (secondary N) is 3. The number of nitrogens with two attached hydrogens (primary N) is 1. The van der Waals surface area contributed by atoms with Gasteiger partial charge in [-0.25, -0.2) is 4.79 Å². The van der Waals surface area contributed by atoms with E-state index in [1.54, 1.807) is 4.90 Å². The van der Waals surface area contributed by atoms with Gasteiger partial charge < -0.3 is 31.5 Å². The van der Waals surface area contributed by atoms with Crippen molar-refractivity contribution in [1.29, 1.82) is 0 Å². The van der Waals surface area contributed by atoms with Gasteiger partial charge in [0, 0.05) is 37.1 Å². The summed E-state index contributed by atoms with van der Waals surface area (Å²) in [6, 6.07) is -4.05. The lowest BCUT2D eigenvalue weighted by Gasteiger charge is -2.43. The first-order valence-electron chi connectivity index (χ1n) is 19.6. The quantitative estimate of drug-likeness (QED) is 0.237. The molecule has 0 aromatic heterocycles. The van der Waals surface area contributed by atoms with Crippen molar-refractivity contribution in [3.05, 3.63) is 0 Å². The van der Waals surface area contributed by atoms with Crippen LogP contribution in [-0.4, -0.2) is 113 Å². The highest BCUT2D eigenvalue weighted by atomic mass is 16.2. The summed E-state index contributed by atoms with van der Waals surface area (Å²) in [5.41, 5.74) is 4.29. The lowest BCUT2D eigenvalue weighted by molar-refractivity contribution is -0.143. The average molecular weight is 728 g/mol. The molecule has 2 saturated heterocycles. The standard InChI is InChI=1S/C39H65N7O6/c1-22(2)28(33(50)45-19-23(3)44(10)24(4)20-45)42-35(52)43-30(36(5,6)7)34(51)46-21-39(37(8,9)38(39)15-12-16-38)18-27(46)32(49)41-26(29(47)31(40)48)17-25-13-11-14-25/h22-28,30H,11-21H2,1-10H3,(H2,40,48)(H,41,49)(H2,42,43,52)/t23-,24+,26?,27?,28?,30-,39?/m0/s1. The van der Waals surface area contributed by atoms with Crippen molar-refractivity contribution in [2.45, 2.75) is 150 Å². The molecule has 7 atom stereocenters. The largest absolute Gasteiger partial charge is 0.363 e. The lowest BCUT2D eigenvalue weighted by atomic mass is 9.73. The molecule has 5 rings (SSSR count). The van der Waals surface area contributed by atoms with Crippen LogP contribution in [0.15, 0.2) is 0 Å². The third-order valence-corrected chi connectivity index (χ3v) is 14.3. The summed E-state index contributed by atoms with van der Waals surface area (Å²) in [6.07, 6.45) is 6.81. The molecular formula is C39H65N7O6. The number of likely N-dealkylation sites (N-methyl/N-ethyl adjacent to an activating group) is 1. The van der Waals surface area contributed by atoms with Crippen LogP contribution in [0.4, 0.5) is 4.79 Å². The molecule has 2 heterocycles. The number of carbonyl (C=O) groups excluding carboxylic acids is 6. The monoisotopic (exact) mass is 727 g/mol. The molecule has 5 aliphatic rings. The fourth-order valence-corrected chi connectivity index (χ4v) is 10.2. The van der Waals surface area contributed by atoms with E-state index in [1.165, 1.54) is 0 Å². The number of hydrogen-bond donors (Lipinski definition) is 4. The maximum absolute atomic E-state index is 14.8. The Hall–Kier alpha value is -3.22. The molecule has 0 aromatic rings. The highest BCUT2D eigenvalue weighted by Gasteiger charge is 2.85. The topological polar surface area (TPSA) is 174 Å². The SMILES string of the molecule is CC(C)C(NC(=O)N[C@@H](C(=O)N1CC2(CC1C(=O)NC(CC1CCC1)C(=O)C(N)=O)C(C)(C)C21CCC1)C(C)(C)C)C(=O)N1C[C@@H](C)N(C)[C@@H](C)C1. The van der Waals surface area contributed by atoms with Gasteiger partial charge in [-0.3, -0.25) is 28.9 Å². The second kappa shape index (κ2) is 14.2. The molecule has 2 spiro atoms. The first-order chi connectivity index (χ1) is 24.1. The summed E-state index contributed by atoms with van der Waals surface area (Å²) in [5.74, 6) is -2.91. The Kier molecular flexibility index (Phi) is 10.9. The van der Waals surface area contributed by atoms with Crippen molar-refractivity contribution in [2.24, 2.45) is 39.2 Å². The van der Waals surface area contributed by atoms with E-state index in [2.05, 4.69) is 48.5 Å². The zero-order valence-electron chi connectivity index (χ0n) is 33.3. The molecular weight excluding hydrogens is 662 g/mol. The van der Waals surface area contributed by atoms with Crippen LogP contribution < -0.4 is 21.7 Å². The number of urea groups is 1. The number of primary amides is 1. The molecule has 13 heteroatoms. The van der Waals surface area contributed by atoms with Crippen LogP contribution >= 0.6 is 0 Å². The fourth-order valence-electron chi connectivity index (χ4n) is 10.2. The Balaban J connectivity index is 1.38. The van der Waals surface area contributed by atoms with E-state index < -0.39 is 53.2 Å². The van der Waals surface area contributed by atoms with E-state index in [9.17, 15) is 28.8 Å². The van der Waals surface area contributed by atoms with Gasteiger partial charge in [0.25, 0.3) is 5.91 Å². The molecule has 6 amide bonds. The number of piperazine rings is 1. The minimum absolute atomic E-state index is 0.0209. The molecule has 0 bridgehead atoms. The number of likely N-dealkylation sites (tertiary alicyclic amines) is 1. The van der Waals surface area contributed by atoms with Gasteiger partial charge in [0.2, 0.25) is 23.5 Å². The van der Waals surface area contributed by atoms with Crippen LogP contribution in [0.5, 0.6) is 0 Å². The summed E-state index contributed by atoms with van der Waals surface area (Å²) < 4.78 is 0. The summed E-state index contributed by atoms with van der Waals surface area (Å²) in [5, 5.41) is 8.69. The Labute approximate surface area is 310 Å². The lowest BCUT2D eigenvalue weighted by Crippen LogP contribution is -2.63. The Morgan fingerprint density at radius 1 is 0.865 bits per heavy atom. The highest BCUT2D eigenvalue weighted by Crippen LogP contribution is 2.88. The van der Waals surface area contributed by atoms with Crippen LogP contribution in [0.3, 0.4) is 0 Å². The van der Waals surface area contributed by atoms with Crippen LogP contribution in [0.1, 0.15) is 114 Å². The normalized spacial score (nSPS) is 29.9. The zero-order valence-corrected chi connectivity index (χ0v) is 33.3. The van der Waals surface area contributed by atoms with Crippen LogP contribution in [0.2, 0.25) is 0 Å². The third-order valence-electron chi connectivity index (χ3n) is 14.3. The molecule has 292 valence electrons. The van der Waals surface area contributed by atoms with E-state index >= 15 is 0 Å². The van der Waals surface area contributed by atoms with E-state index in [0.29, 0.717) is 32.5 Å². The minimum atomic E-state index is -1.09. The smallest absolute Gasteiger partial charge is 0.316 e. The Bertz CT molecular complexity index is 1440. The van der Waals surface area contributed by atoms with Gasteiger partial charge in [0.15, 0.2) is 0 Å². The van der Waals surface area contributed by atoms with Gasteiger partial charge in [-0.15, -0.1) is 0 Å². The molecule has 5 N–H and O–H groups in total. The molecule has 2 aliphatic heterocycles. The second-order valence-corrected chi connectivity index (χ2v) is 18.9. The maximum Gasteiger partial charge on any atom is 0.316 e. The number of carbonyl (C=O) groups is 6. The van der Waals surface area contributed by atoms with Gasteiger partial charge in [-0.1, -0.05) is 74.1 Å². The summed E-state index contributed by atoms with van der Waals surface area (Å²) >= 11 is 0. The van der Waals surface area contributed by atoms with Gasteiger partial charge >= 0.3 is 6.03 Å².